The summed E-state index contributed by atoms with van der Waals surface area (Å²) in [5.41, 5.74) is 0.941. The second-order valence-corrected chi connectivity index (χ2v) is 9.20. The first-order valence-electron chi connectivity index (χ1n) is 11.2. The topological polar surface area (TPSA) is 93.9 Å². The van der Waals surface area contributed by atoms with E-state index >= 15 is 0 Å². The van der Waals surface area contributed by atoms with E-state index in [2.05, 4.69) is 5.10 Å². The fourth-order valence-electron chi connectivity index (χ4n) is 4.73. The van der Waals surface area contributed by atoms with Gasteiger partial charge in [-0.2, -0.15) is 9.78 Å². The molecule has 0 spiro atoms. The summed E-state index contributed by atoms with van der Waals surface area (Å²) in [6.45, 7) is 1.81. The van der Waals surface area contributed by atoms with E-state index in [1.807, 2.05) is 36.4 Å². The highest BCUT2D eigenvalue weighted by molar-refractivity contribution is 6.30. The number of carboxylic acid groups (broad SMARTS) is 1. The third-order valence-electron chi connectivity index (χ3n) is 6.44. The molecule has 1 amide bonds. The molecule has 5 rings (SSSR count). The minimum atomic E-state index is -1.14. The Morgan fingerprint density at radius 1 is 0.971 bits per heavy atom. The van der Waals surface area contributed by atoms with Crippen molar-refractivity contribution in [3.05, 3.63) is 77.1 Å². The maximum atomic E-state index is 12.7. The molecule has 34 heavy (non-hydrogen) atoms. The lowest BCUT2D eigenvalue weighted by Crippen LogP contribution is -2.34. The van der Waals surface area contributed by atoms with Crippen molar-refractivity contribution >= 4 is 23.6 Å². The number of halogens is 1. The second-order valence-electron chi connectivity index (χ2n) is 8.76. The molecule has 8 nitrogen and oxygen atoms in total. The van der Waals surface area contributed by atoms with Crippen LogP contribution < -0.4 is 4.74 Å². The summed E-state index contributed by atoms with van der Waals surface area (Å²) in [6, 6.07) is 16.1. The van der Waals surface area contributed by atoms with Crippen LogP contribution in [-0.4, -0.2) is 51.0 Å². The van der Waals surface area contributed by atoms with Crippen LogP contribution in [0.15, 0.2) is 60.8 Å². The first-order chi connectivity index (χ1) is 16.4. The molecular weight excluding hydrogens is 458 g/mol. The van der Waals surface area contributed by atoms with E-state index in [4.69, 9.17) is 26.2 Å². The van der Waals surface area contributed by atoms with Crippen LogP contribution in [0.3, 0.4) is 0 Å². The molecule has 1 saturated carbocycles. The van der Waals surface area contributed by atoms with Gasteiger partial charge in [0.2, 0.25) is 0 Å². The summed E-state index contributed by atoms with van der Waals surface area (Å²) < 4.78 is 13.1. The molecule has 0 radical (unpaired) electrons. The molecule has 1 aliphatic carbocycles. The van der Waals surface area contributed by atoms with Gasteiger partial charge in [-0.3, -0.25) is 0 Å². The number of likely N-dealkylation sites (tertiary alicyclic amines) is 1. The predicted octanol–water partition coefficient (Wildman–Crippen LogP) is 4.92. The van der Waals surface area contributed by atoms with Crippen LogP contribution in [0.5, 0.6) is 11.5 Å². The summed E-state index contributed by atoms with van der Waals surface area (Å²) in [5.74, 6) is 1.11. The number of aromatic carboxylic acids is 1. The number of rotatable bonds is 6. The summed E-state index contributed by atoms with van der Waals surface area (Å²) in [5, 5.41) is 13.5. The van der Waals surface area contributed by atoms with Gasteiger partial charge in [0.25, 0.3) is 0 Å². The molecule has 2 fully saturated rings. The number of fused-ring (bicyclic) bond motifs is 1. The number of aromatic nitrogens is 2. The van der Waals surface area contributed by atoms with E-state index in [1.165, 1.54) is 12.3 Å². The lowest BCUT2D eigenvalue weighted by molar-refractivity contribution is 0.0383. The maximum absolute atomic E-state index is 12.7. The lowest BCUT2D eigenvalue weighted by atomic mass is 10.0. The molecule has 3 aromatic rings. The van der Waals surface area contributed by atoms with Crippen LogP contribution in [0.2, 0.25) is 5.02 Å². The van der Waals surface area contributed by atoms with E-state index in [0.29, 0.717) is 36.6 Å². The highest BCUT2D eigenvalue weighted by Gasteiger charge is 2.43. The molecule has 3 atom stereocenters. The van der Waals surface area contributed by atoms with Crippen molar-refractivity contribution in [2.75, 3.05) is 13.1 Å². The number of carbonyl (C=O) groups excluding carboxylic acids is 1. The maximum Gasteiger partial charge on any atom is 0.356 e. The molecule has 1 aliphatic heterocycles. The zero-order chi connectivity index (χ0) is 23.7. The Kier molecular flexibility index (Phi) is 6.26. The number of hydrogen-bond acceptors (Lipinski definition) is 5. The summed E-state index contributed by atoms with van der Waals surface area (Å²) >= 11 is 5.90. The Morgan fingerprint density at radius 2 is 1.59 bits per heavy atom. The fourth-order valence-corrected chi connectivity index (χ4v) is 4.86. The van der Waals surface area contributed by atoms with Crippen molar-refractivity contribution in [3.63, 3.8) is 0 Å². The predicted molar refractivity (Wildman–Crippen MR) is 124 cm³/mol. The van der Waals surface area contributed by atoms with Crippen LogP contribution >= 0.6 is 11.6 Å². The van der Waals surface area contributed by atoms with Crippen molar-refractivity contribution in [1.29, 1.82) is 0 Å². The Balaban J connectivity index is 1.08. The lowest BCUT2D eigenvalue weighted by Gasteiger charge is -2.19. The number of hydrogen-bond donors (Lipinski definition) is 1. The third-order valence-corrected chi connectivity index (χ3v) is 6.69. The first-order valence-corrected chi connectivity index (χ1v) is 11.5. The van der Waals surface area contributed by atoms with Crippen LogP contribution in [0.4, 0.5) is 4.79 Å². The monoisotopic (exact) mass is 481 g/mol. The average Bonchev–Trinajstić information content (AvgIpc) is 3.55. The number of carboxylic acids is 1. The van der Waals surface area contributed by atoms with E-state index in [1.54, 1.807) is 17.0 Å². The summed E-state index contributed by atoms with van der Waals surface area (Å²) in [7, 11) is 0. The highest BCUT2D eigenvalue weighted by atomic mass is 35.5. The van der Waals surface area contributed by atoms with Gasteiger partial charge in [0.15, 0.2) is 5.69 Å². The van der Waals surface area contributed by atoms with Gasteiger partial charge < -0.3 is 19.5 Å². The Hall–Kier alpha value is -3.36. The number of carbonyl (C=O) groups is 2. The van der Waals surface area contributed by atoms with Crippen molar-refractivity contribution in [2.24, 2.45) is 11.8 Å². The second kappa shape index (κ2) is 9.48. The number of ether oxygens (including phenoxy) is 2. The van der Waals surface area contributed by atoms with E-state index in [9.17, 15) is 9.59 Å². The molecule has 1 N–H and O–H groups in total. The van der Waals surface area contributed by atoms with Gasteiger partial charge in [0, 0.05) is 24.3 Å². The highest BCUT2D eigenvalue weighted by Crippen LogP contribution is 2.40. The van der Waals surface area contributed by atoms with Crippen LogP contribution in [-0.2, 0) is 11.3 Å². The standard InChI is InChI=1S/C25H24ClN3O5/c26-19-3-7-21(8-4-19)34-20-5-1-16(2-6-20)15-33-22-11-17-13-28(14-18(17)12-22)25(32)29-10-9-23(27-29)24(30)31/h1-10,17-18,22H,11-15H2,(H,30,31)/t17-,18+,22?. The van der Waals surface area contributed by atoms with Gasteiger partial charge in [-0.15, -0.1) is 0 Å². The minimum Gasteiger partial charge on any atom is -0.476 e. The summed E-state index contributed by atoms with van der Waals surface area (Å²) in [6.07, 6.45) is 3.38. The van der Waals surface area contributed by atoms with Crippen LogP contribution in [0, 0.1) is 11.8 Å². The van der Waals surface area contributed by atoms with Crippen molar-refractivity contribution in [1.82, 2.24) is 14.7 Å². The Morgan fingerprint density at radius 3 is 2.18 bits per heavy atom. The van der Waals surface area contributed by atoms with Gasteiger partial charge >= 0.3 is 12.0 Å². The zero-order valence-electron chi connectivity index (χ0n) is 18.3. The van der Waals surface area contributed by atoms with Crippen molar-refractivity contribution < 1.29 is 24.2 Å². The molecule has 2 aliphatic rings. The molecular formula is C25H24ClN3O5. The average molecular weight is 482 g/mol. The van der Waals surface area contributed by atoms with Gasteiger partial charge in [-0.25, -0.2) is 9.59 Å². The number of amides is 1. The zero-order valence-corrected chi connectivity index (χ0v) is 19.1. The van der Waals surface area contributed by atoms with Gasteiger partial charge in [0.05, 0.1) is 12.7 Å². The fraction of sp³-hybridized carbons (Fsp3) is 0.320. The minimum absolute atomic E-state index is 0.134. The molecule has 176 valence electrons. The third kappa shape index (κ3) is 4.93. The van der Waals surface area contributed by atoms with Crippen LogP contribution in [0.1, 0.15) is 28.9 Å². The van der Waals surface area contributed by atoms with Gasteiger partial charge in [-0.1, -0.05) is 23.7 Å². The van der Waals surface area contributed by atoms with E-state index in [0.717, 1.165) is 34.6 Å². The SMILES string of the molecule is O=C(O)c1ccn(C(=O)N2C[C@H]3CC(OCc4ccc(Oc5ccc(Cl)cc5)cc4)C[C@H]3C2)n1. The molecule has 9 heteroatoms. The van der Waals surface area contributed by atoms with Crippen LogP contribution in [0.25, 0.3) is 0 Å². The van der Waals surface area contributed by atoms with E-state index in [-0.39, 0.29) is 17.8 Å². The quantitative estimate of drug-likeness (QED) is 0.537. The molecule has 1 aromatic heterocycles. The molecule has 2 aromatic carbocycles. The van der Waals surface area contributed by atoms with Gasteiger partial charge in [-0.05, 0) is 72.7 Å². The van der Waals surface area contributed by atoms with Gasteiger partial charge in [0.1, 0.15) is 11.5 Å². The molecule has 2 heterocycles. The first kappa shape index (κ1) is 22.4. The Labute approximate surface area is 201 Å². The largest absolute Gasteiger partial charge is 0.476 e. The Bertz CT molecular complexity index is 1160. The molecule has 1 saturated heterocycles. The molecule has 0 bridgehead atoms. The van der Waals surface area contributed by atoms with Crippen molar-refractivity contribution in [3.8, 4) is 11.5 Å². The van der Waals surface area contributed by atoms with E-state index < -0.39 is 5.97 Å². The number of benzene rings is 2. The molecule has 1 unspecified atom stereocenters. The normalized spacial score (nSPS) is 21.4. The number of nitrogens with zero attached hydrogens (tertiary/aromatic N) is 3. The summed E-state index contributed by atoms with van der Waals surface area (Å²) in [4.78, 5) is 25.4. The smallest absolute Gasteiger partial charge is 0.356 e. The van der Waals surface area contributed by atoms with Crippen molar-refractivity contribution in [2.45, 2.75) is 25.6 Å².